The van der Waals surface area contributed by atoms with E-state index in [-0.39, 0.29) is 0 Å². The molecule has 0 amide bonds. The van der Waals surface area contributed by atoms with E-state index in [1.54, 1.807) is 11.3 Å². The van der Waals surface area contributed by atoms with Crippen LogP contribution >= 0.6 is 11.3 Å². The molecule has 0 unspecified atom stereocenters. The maximum absolute atomic E-state index is 4.61. The van der Waals surface area contributed by atoms with Crippen molar-refractivity contribution in [2.24, 2.45) is 7.05 Å². The van der Waals surface area contributed by atoms with Crippen LogP contribution in [0.4, 0.5) is 0 Å². The summed E-state index contributed by atoms with van der Waals surface area (Å²) in [5.74, 6) is 0. The molecule has 0 fully saturated rings. The fraction of sp³-hybridized carbons (Fsp3) is 0.429. The summed E-state index contributed by atoms with van der Waals surface area (Å²) in [7, 11) is 1.97. The zero-order valence-corrected chi connectivity index (χ0v) is 13.1. The molecule has 0 saturated heterocycles. The predicted octanol–water partition coefficient (Wildman–Crippen LogP) is 2.34. The lowest BCUT2D eigenvalue weighted by Gasteiger charge is -2.05. The monoisotopic (exact) mass is 289 g/mol. The number of imidazole rings is 1. The first kappa shape index (κ1) is 13.3. The molecule has 0 atom stereocenters. The molecule has 1 N–H and O–H groups in total. The summed E-state index contributed by atoms with van der Waals surface area (Å²) in [6.07, 6.45) is 4.09. The zero-order chi connectivity index (χ0) is 14.3. The van der Waals surface area contributed by atoms with Crippen LogP contribution in [0.15, 0.2) is 12.4 Å². The van der Waals surface area contributed by atoms with Gasteiger partial charge in [0, 0.05) is 42.5 Å². The lowest BCUT2D eigenvalue weighted by atomic mass is 10.2. The summed E-state index contributed by atoms with van der Waals surface area (Å²) in [4.78, 5) is 6.97. The third-order valence-corrected chi connectivity index (χ3v) is 4.58. The number of hydrogen-bond donors (Lipinski definition) is 1. The second kappa shape index (κ2) is 5.03. The van der Waals surface area contributed by atoms with Crippen LogP contribution in [0.5, 0.6) is 0 Å². The quantitative estimate of drug-likeness (QED) is 0.802. The van der Waals surface area contributed by atoms with Gasteiger partial charge in [-0.25, -0.2) is 4.98 Å². The van der Waals surface area contributed by atoms with E-state index < -0.39 is 0 Å². The van der Waals surface area contributed by atoms with E-state index in [4.69, 9.17) is 0 Å². The molecule has 3 aromatic rings. The minimum atomic E-state index is 0.817. The number of hydrogen-bond acceptors (Lipinski definition) is 4. The van der Waals surface area contributed by atoms with Gasteiger partial charge in [-0.3, -0.25) is 9.08 Å². The van der Waals surface area contributed by atoms with Gasteiger partial charge in [0.25, 0.3) is 0 Å². The highest BCUT2D eigenvalue weighted by Crippen LogP contribution is 2.20. The Hall–Kier alpha value is -1.66. The molecule has 0 aromatic carbocycles. The number of fused-ring (bicyclic) bond motifs is 1. The number of rotatable bonds is 4. The summed E-state index contributed by atoms with van der Waals surface area (Å²) in [6, 6.07) is 0. The molecule has 3 aromatic heterocycles. The molecule has 20 heavy (non-hydrogen) atoms. The van der Waals surface area contributed by atoms with Crippen molar-refractivity contribution >= 4 is 16.3 Å². The fourth-order valence-electron chi connectivity index (χ4n) is 2.36. The van der Waals surface area contributed by atoms with Crippen molar-refractivity contribution in [3.63, 3.8) is 0 Å². The van der Waals surface area contributed by atoms with Crippen LogP contribution in [0.25, 0.3) is 4.96 Å². The van der Waals surface area contributed by atoms with Crippen molar-refractivity contribution in [1.29, 1.82) is 0 Å². The van der Waals surface area contributed by atoms with Crippen LogP contribution in [0.3, 0.4) is 0 Å². The van der Waals surface area contributed by atoms with Crippen LogP contribution in [0.1, 0.15) is 27.5 Å². The first-order valence-corrected chi connectivity index (χ1v) is 7.50. The van der Waals surface area contributed by atoms with E-state index in [9.17, 15) is 0 Å². The third kappa shape index (κ3) is 2.25. The second-order valence-corrected chi connectivity index (χ2v) is 6.33. The fourth-order valence-corrected chi connectivity index (χ4v) is 3.25. The van der Waals surface area contributed by atoms with Gasteiger partial charge in [-0.2, -0.15) is 5.10 Å². The summed E-state index contributed by atoms with van der Waals surface area (Å²) in [6.45, 7) is 7.92. The second-order valence-electron chi connectivity index (χ2n) is 5.12. The normalized spacial score (nSPS) is 11.6. The topological polar surface area (TPSA) is 47.1 Å². The Balaban J connectivity index is 1.73. The molecule has 106 valence electrons. The summed E-state index contributed by atoms with van der Waals surface area (Å²) in [5, 5.41) is 7.75. The molecule has 3 rings (SSSR count). The molecule has 3 heterocycles. The van der Waals surface area contributed by atoms with E-state index in [1.165, 1.54) is 21.8 Å². The van der Waals surface area contributed by atoms with Crippen LogP contribution in [0.2, 0.25) is 0 Å². The Bertz CT molecular complexity index is 749. The van der Waals surface area contributed by atoms with Gasteiger partial charge in [0.2, 0.25) is 0 Å². The molecule has 0 spiro atoms. The molecule has 0 aliphatic carbocycles. The van der Waals surface area contributed by atoms with Gasteiger partial charge >= 0.3 is 0 Å². The van der Waals surface area contributed by atoms with Gasteiger partial charge < -0.3 is 5.32 Å². The van der Waals surface area contributed by atoms with E-state index in [0.29, 0.717) is 0 Å². The number of nitrogens with one attached hydrogen (secondary N) is 1. The van der Waals surface area contributed by atoms with E-state index in [0.717, 1.165) is 23.7 Å². The molecule has 6 heteroatoms. The molecule has 0 aliphatic heterocycles. The lowest BCUT2D eigenvalue weighted by Crippen LogP contribution is -2.15. The Labute approximate surface area is 122 Å². The first-order chi connectivity index (χ1) is 9.56. The van der Waals surface area contributed by atoms with Crippen LogP contribution in [0, 0.1) is 20.8 Å². The van der Waals surface area contributed by atoms with Crippen LogP contribution in [-0.4, -0.2) is 19.2 Å². The van der Waals surface area contributed by atoms with E-state index >= 15 is 0 Å². The van der Waals surface area contributed by atoms with Crippen molar-refractivity contribution in [2.75, 3.05) is 0 Å². The average molecular weight is 289 g/mol. The summed E-state index contributed by atoms with van der Waals surface area (Å²) < 4.78 is 4.10. The Morgan fingerprint density at radius 1 is 1.25 bits per heavy atom. The largest absolute Gasteiger partial charge is 0.307 e. The highest BCUT2D eigenvalue weighted by molar-refractivity contribution is 7.17. The van der Waals surface area contributed by atoms with Crippen LogP contribution < -0.4 is 5.32 Å². The molecule has 0 saturated carbocycles. The predicted molar refractivity (Wildman–Crippen MR) is 81.0 cm³/mol. The number of thiazole rings is 1. The highest BCUT2D eigenvalue weighted by atomic mass is 32.1. The van der Waals surface area contributed by atoms with Crippen molar-refractivity contribution in [3.8, 4) is 0 Å². The third-order valence-electron chi connectivity index (χ3n) is 3.69. The number of aromatic nitrogens is 4. The van der Waals surface area contributed by atoms with Gasteiger partial charge in [-0.05, 0) is 20.8 Å². The highest BCUT2D eigenvalue weighted by Gasteiger charge is 2.11. The molecule has 0 bridgehead atoms. The first-order valence-electron chi connectivity index (χ1n) is 6.68. The molecule has 0 aliphatic rings. The molecule has 0 radical (unpaired) electrons. The smallest absolute Gasteiger partial charge is 0.194 e. The van der Waals surface area contributed by atoms with Gasteiger partial charge in [0.15, 0.2) is 4.96 Å². The average Bonchev–Trinajstić information content (AvgIpc) is 2.99. The molecule has 5 nitrogen and oxygen atoms in total. The maximum atomic E-state index is 4.61. The Morgan fingerprint density at radius 2 is 2.05 bits per heavy atom. The maximum Gasteiger partial charge on any atom is 0.194 e. The zero-order valence-electron chi connectivity index (χ0n) is 12.3. The molecular weight excluding hydrogens is 270 g/mol. The standard InChI is InChI=1S/C14H19N5S/c1-9-8-19-13(10(2)17-14(19)20-9)7-15-5-12-6-16-18(4)11(12)3/h6,8,15H,5,7H2,1-4H3. The van der Waals surface area contributed by atoms with Gasteiger partial charge in [0.1, 0.15) is 0 Å². The van der Waals surface area contributed by atoms with Crippen molar-refractivity contribution in [2.45, 2.75) is 33.9 Å². The van der Waals surface area contributed by atoms with Gasteiger partial charge in [-0.15, -0.1) is 11.3 Å². The number of aryl methyl sites for hydroxylation is 3. The van der Waals surface area contributed by atoms with E-state index in [2.05, 4.69) is 46.8 Å². The van der Waals surface area contributed by atoms with Crippen molar-refractivity contribution in [3.05, 3.63) is 39.9 Å². The van der Waals surface area contributed by atoms with E-state index in [1.807, 2.05) is 17.9 Å². The Kier molecular flexibility index (Phi) is 3.35. The number of nitrogens with zero attached hydrogens (tertiary/aromatic N) is 4. The SMILES string of the molecule is Cc1cn2c(CNCc3cnn(C)c3C)c(C)nc2s1. The van der Waals surface area contributed by atoms with Crippen molar-refractivity contribution in [1.82, 2.24) is 24.5 Å². The Morgan fingerprint density at radius 3 is 2.75 bits per heavy atom. The molecular formula is C14H19N5S. The summed E-state index contributed by atoms with van der Waals surface area (Å²) >= 11 is 1.73. The lowest BCUT2D eigenvalue weighted by molar-refractivity contribution is 0.666. The summed E-state index contributed by atoms with van der Waals surface area (Å²) in [5.41, 5.74) is 4.80. The van der Waals surface area contributed by atoms with Crippen molar-refractivity contribution < 1.29 is 0 Å². The van der Waals surface area contributed by atoms with Gasteiger partial charge in [0.05, 0.1) is 17.6 Å². The van der Waals surface area contributed by atoms with Crippen LogP contribution in [-0.2, 0) is 20.1 Å². The van der Waals surface area contributed by atoms with Gasteiger partial charge in [-0.1, -0.05) is 0 Å². The minimum absolute atomic E-state index is 0.817. The minimum Gasteiger partial charge on any atom is -0.307 e.